The molecule has 5 nitrogen and oxygen atoms in total. The van der Waals surface area contributed by atoms with Crippen molar-refractivity contribution in [1.29, 1.82) is 0 Å². The van der Waals surface area contributed by atoms with Gasteiger partial charge in [0.15, 0.2) is 5.03 Å². The number of nitrogens with two attached hydrogens (primary N) is 1. The third-order valence-electron chi connectivity index (χ3n) is 2.81. The molecule has 0 aliphatic carbocycles. The average molecular weight is 276 g/mol. The first-order valence-electron chi connectivity index (χ1n) is 5.38. The molecule has 0 saturated carbocycles. The van der Waals surface area contributed by atoms with Crippen LogP contribution in [0.5, 0.6) is 0 Å². The number of nitrogens with zero attached hydrogens (tertiary/aromatic N) is 2. The summed E-state index contributed by atoms with van der Waals surface area (Å²) in [5, 5.41) is 0.0829. The van der Waals surface area contributed by atoms with Gasteiger partial charge in [-0.1, -0.05) is 11.6 Å². The van der Waals surface area contributed by atoms with Gasteiger partial charge in [0, 0.05) is 25.3 Å². The van der Waals surface area contributed by atoms with E-state index in [1.807, 2.05) is 0 Å². The number of aromatic nitrogens is 1. The van der Waals surface area contributed by atoms with Crippen LogP contribution >= 0.6 is 11.6 Å². The second kappa shape index (κ2) is 4.89. The molecule has 0 atom stereocenters. The summed E-state index contributed by atoms with van der Waals surface area (Å²) in [7, 11) is -3.58. The molecule has 7 heteroatoms. The van der Waals surface area contributed by atoms with Crippen molar-refractivity contribution in [3.05, 3.63) is 23.4 Å². The van der Waals surface area contributed by atoms with Gasteiger partial charge in [0.1, 0.15) is 0 Å². The lowest BCUT2D eigenvalue weighted by Gasteiger charge is -2.29. The van der Waals surface area contributed by atoms with Crippen LogP contribution in [0.4, 0.5) is 0 Å². The maximum atomic E-state index is 12.3. The van der Waals surface area contributed by atoms with Gasteiger partial charge in [0.25, 0.3) is 10.0 Å². The number of sulfonamides is 1. The highest BCUT2D eigenvalue weighted by molar-refractivity contribution is 7.89. The largest absolute Gasteiger partial charge is 0.328 e. The Bertz CT molecular complexity index is 498. The Morgan fingerprint density at radius 3 is 2.65 bits per heavy atom. The number of halogens is 1. The monoisotopic (exact) mass is 275 g/mol. The first kappa shape index (κ1) is 12.8. The van der Waals surface area contributed by atoms with Crippen LogP contribution in [-0.2, 0) is 10.0 Å². The number of pyridine rings is 1. The van der Waals surface area contributed by atoms with E-state index in [2.05, 4.69) is 4.98 Å². The fraction of sp³-hybridized carbons (Fsp3) is 0.500. The molecule has 1 aliphatic heterocycles. The lowest BCUT2D eigenvalue weighted by molar-refractivity contribution is 0.319. The van der Waals surface area contributed by atoms with Crippen LogP contribution in [0.2, 0.25) is 5.02 Å². The molecule has 1 saturated heterocycles. The molecule has 0 unspecified atom stereocenters. The summed E-state index contributed by atoms with van der Waals surface area (Å²) in [6, 6.07) is 3.21. The van der Waals surface area contributed by atoms with Gasteiger partial charge < -0.3 is 5.73 Å². The van der Waals surface area contributed by atoms with E-state index < -0.39 is 10.0 Å². The molecular formula is C10H14ClN3O2S. The molecule has 17 heavy (non-hydrogen) atoms. The second-order valence-corrected chi connectivity index (χ2v) is 6.29. The maximum Gasteiger partial charge on any atom is 0.262 e. The lowest BCUT2D eigenvalue weighted by Crippen LogP contribution is -2.43. The van der Waals surface area contributed by atoms with Crippen molar-refractivity contribution in [1.82, 2.24) is 9.29 Å². The fourth-order valence-corrected chi connectivity index (χ4v) is 3.66. The highest BCUT2D eigenvalue weighted by atomic mass is 35.5. The third kappa shape index (κ3) is 2.60. The molecule has 1 aromatic heterocycles. The molecule has 0 radical (unpaired) electrons. The molecule has 1 fully saturated rings. The zero-order valence-electron chi connectivity index (χ0n) is 9.21. The summed E-state index contributed by atoms with van der Waals surface area (Å²) >= 11 is 5.86. The van der Waals surface area contributed by atoms with E-state index in [4.69, 9.17) is 17.3 Å². The average Bonchev–Trinajstić information content (AvgIpc) is 2.30. The predicted octanol–water partition coefficient (Wildman–Crippen LogP) is 0.847. The number of piperidine rings is 1. The number of hydrogen-bond acceptors (Lipinski definition) is 4. The number of hydrogen-bond donors (Lipinski definition) is 1. The Morgan fingerprint density at radius 1 is 1.41 bits per heavy atom. The van der Waals surface area contributed by atoms with Gasteiger partial charge in [0.05, 0.1) is 5.02 Å². The van der Waals surface area contributed by atoms with Crippen molar-refractivity contribution in [2.24, 2.45) is 5.73 Å². The molecular weight excluding hydrogens is 262 g/mol. The molecule has 1 aromatic rings. The molecule has 94 valence electrons. The van der Waals surface area contributed by atoms with Gasteiger partial charge in [-0.05, 0) is 25.0 Å². The molecule has 0 bridgehead atoms. The van der Waals surface area contributed by atoms with Crippen LogP contribution in [0.15, 0.2) is 23.4 Å². The van der Waals surface area contributed by atoms with E-state index in [0.29, 0.717) is 25.9 Å². The fourth-order valence-electron chi connectivity index (χ4n) is 1.80. The van der Waals surface area contributed by atoms with Gasteiger partial charge in [-0.25, -0.2) is 13.4 Å². The maximum absolute atomic E-state index is 12.3. The highest BCUT2D eigenvalue weighted by Gasteiger charge is 2.30. The summed E-state index contributed by atoms with van der Waals surface area (Å²) in [6.07, 6.45) is 2.77. The smallest absolute Gasteiger partial charge is 0.262 e. The Balaban J connectivity index is 2.28. The van der Waals surface area contributed by atoms with Crippen LogP contribution < -0.4 is 5.73 Å². The van der Waals surface area contributed by atoms with Crippen LogP contribution in [0.25, 0.3) is 0 Å². The van der Waals surface area contributed by atoms with E-state index in [1.54, 1.807) is 6.07 Å². The minimum absolute atomic E-state index is 0.0721. The summed E-state index contributed by atoms with van der Waals surface area (Å²) in [5.41, 5.74) is 5.75. The minimum atomic E-state index is -3.58. The molecule has 1 aliphatic rings. The normalized spacial score (nSPS) is 19.4. The van der Waals surface area contributed by atoms with Crippen LogP contribution in [0.1, 0.15) is 12.8 Å². The van der Waals surface area contributed by atoms with E-state index in [0.717, 1.165) is 0 Å². The summed E-state index contributed by atoms with van der Waals surface area (Å²) in [4.78, 5) is 3.85. The van der Waals surface area contributed by atoms with Gasteiger partial charge in [0.2, 0.25) is 0 Å². The van der Waals surface area contributed by atoms with E-state index >= 15 is 0 Å². The Labute approximate surface area is 106 Å². The predicted molar refractivity (Wildman–Crippen MR) is 65.2 cm³/mol. The van der Waals surface area contributed by atoms with Crippen molar-refractivity contribution < 1.29 is 8.42 Å². The zero-order valence-corrected chi connectivity index (χ0v) is 10.8. The van der Waals surface area contributed by atoms with Gasteiger partial charge in [-0.2, -0.15) is 4.31 Å². The molecule has 2 N–H and O–H groups in total. The van der Waals surface area contributed by atoms with Crippen LogP contribution in [-0.4, -0.2) is 36.8 Å². The van der Waals surface area contributed by atoms with Crippen molar-refractivity contribution in [3.63, 3.8) is 0 Å². The van der Waals surface area contributed by atoms with E-state index in [-0.39, 0.29) is 16.1 Å². The standard InChI is InChI=1S/C10H14ClN3O2S/c11-9-2-1-5-13-10(9)17(15,16)14-6-3-8(12)4-7-14/h1-2,5,8H,3-4,6-7,12H2. The summed E-state index contributed by atoms with van der Waals surface area (Å²) < 4.78 is 25.9. The molecule has 0 spiro atoms. The quantitative estimate of drug-likeness (QED) is 0.868. The second-order valence-electron chi connectivity index (χ2n) is 4.03. The van der Waals surface area contributed by atoms with E-state index in [1.165, 1.54) is 16.6 Å². The van der Waals surface area contributed by atoms with Crippen LogP contribution in [0, 0.1) is 0 Å². The molecule has 0 amide bonds. The first-order chi connectivity index (χ1) is 8.01. The molecule has 2 rings (SSSR count). The first-order valence-corrected chi connectivity index (χ1v) is 7.20. The third-order valence-corrected chi connectivity index (χ3v) is 5.08. The molecule has 0 aromatic carbocycles. The highest BCUT2D eigenvalue weighted by Crippen LogP contribution is 2.24. The van der Waals surface area contributed by atoms with Crippen molar-refractivity contribution in [3.8, 4) is 0 Å². The van der Waals surface area contributed by atoms with E-state index in [9.17, 15) is 8.42 Å². The SMILES string of the molecule is NC1CCN(S(=O)(=O)c2ncccc2Cl)CC1. The van der Waals surface area contributed by atoms with Crippen LogP contribution in [0.3, 0.4) is 0 Å². The molecule has 2 heterocycles. The summed E-state index contributed by atoms with van der Waals surface area (Å²) in [6.45, 7) is 0.854. The van der Waals surface area contributed by atoms with Gasteiger partial charge in [-0.3, -0.25) is 0 Å². The topological polar surface area (TPSA) is 76.3 Å². The number of rotatable bonds is 2. The Morgan fingerprint density at radius 2 is 2.06 bits per heavy atom. The van der Waals surface area contributed by atoms with Gasteiger partial charge >= 0.3 is 0 Å². The Hall–Kier alpha value is -0.690. The van der Waals surface area contributed by atoms with Gasteiger partial charge in [-0.15, -0.1) is 0 Å². The summed E-state index contributed by atoms with van der Waals surface area (Å²) in [5.74, 6) is 0. The minimum Gasteiger partial charge on any atom is -0.328 e. The van der Waals surface area contributed by atoms with Crippen molar-refractivity contribution >= 4 is 21.6 Å². The zero-order chi connectivity index (χ0) is 12.5. The van der Waals surface area contributed by atoms with Crippen molar-refractivity contribution in [2.45, 2.75) is 23.9 Å². The Kier molecular flexibility index (Phi) is 3.67. The lowest BCUT2D eigenvalue weighted by atomic mass is 10.1. The van der Waals surface area contributed by atoms with Crippen molar-refractivity contribution in [2.75, 3.05) is 13.1 Å².